The molecule has 1 aliphatic carbocycles. The molecule has 8 heteroatoms. The van der Waals surface area contributed by atoms with E-state index in [-0.39, 0.29) is 23.1 Å². The zero-order chi connectivity index (χ0) is 22.3. The van der Waals surface area contributed by atoms with Gasteiger partial charge in [0.15, 0.2) is 17.0 Å². The zero-order valence-corrected chi connectivity index (χ0v) is 17.2. The van der Waals surface area contributed by atoms with Crippen molar-refractivity contribution in [2.75, 3.05) is 0 Å². The molecule has 2 aromatic heterocycles. The Morgan fingerprint density at radius 3 is 2.53 bits per heavy atom. The van der Waals surface area contributed by atoms with Crippen molar-refractivity contribution >= 4 is 22.3 Å². The van der Waals surface area contributed by atoms with Gasteiger partial charge in [0.1, 0.15) is 0 Å². The molecule has 2 heterocycles. The molecule has 0 unspecified atom stereocenters. The molecule has 1 fully saturated rings. The van der Waals surface area contributed by atoms with Crippen LogP contribution in [0.5, 0.6) is 0 Å². The first kappa shape index (κ1) is 20.5. The highest BCUT2D eigenvalue weighted by Gasteiger charge is 2.36. The number of nitrogens with one attached hydrogen (secondary N) is 1. The van der Waals surface area contributed by atoms with E-state index in [0.29, 0.717) is 10.1 Å². The minimum absolute atomic E-state index is 0.0171. The van der Waals surface area contributed by atoms with Crippen molar-refractivity contribution in [3.63, 3.8) is 0 Å². The normalized spacial score (nSPS) is 15.3. The van der Waals surface area contributed by atoms with Gasteiger partial charge in [0.05, 0.1) is 5.69 Å². The van der Waals surface area contributed by atoms with Gasteiger partial charge in [0.2, 0.25) is 0 Å². The lowest BCUT2D eigenvalue weighted by Gasteiger charge is -2.22. The molecule has 0 spiro atoms. The number of nitrogens with zero attached hydrogens (tertiary/aromatic N) is 3. The number of aromatic nitrogens is 3. The second-order valence-corrected chi connectivity index (χ2v) is 8.16. The van der Waals surface area contributed by atoms with Crippen LogP contribution in [0.4, 0.5) is 13.2 Å². The van der Waals surface area contributed by atoms with Gasteiger partial charge in [-0.15, -0.1) is 0 Å². The summed E-state index contributed by atoms with van der Waals surface area (Å²) in [6, 6.07) is 15.2. The number of amides is 1. The molecular weight excluding hydrogens is 417 g/mol. The molecule has 0 radical (unpaired) electrons. The summed E-state index contributed by atoms with van der Waals surface area (Å²) >= 11 is 0. The average Bonchev–Trinajstić information content (AvgIpc) is 3.22. The van der Waals surface area contributed by atoms with Gasteiger partial charge < -0.3 is 5.32 Å². The highest BCUT2D eigenvalue weighted by molar-refractivity contribution is 5.96. The lowest BCUT2D eigenvalue weighted by Crippen LogP contribution is -2.36. The van der Waals surface area contributed by atoms with Crippen molar-refractivity contribution in [3.05, 3.63) is 66.0 Å². The third kappa shape index (κ3) is 3.81. The van der Waals surface area contributed by atoms with Crippen LogP contribution in [0.15, 0.2) is 54.6 Å². The SMILES string of the molecule is O=C(NC1CCCCC1)c1cc2nc(-c3cccc4ccccc34)cc(C(F)(F)F)n2n1. The summed E-state index contributed by atoms with van der Waals surface area (Å²) < 4.78 is 42.5. The Labute approximate surface area is 182 Å². The van der Waals surface area contributed by atoms with Crippen LogP contribution in [0.3, 0.4) is 0 Å². The summed E-state index contributed by atoms with van der Waals surface area (Å²) in [4.78, 5) is 17.1. The number of halogens is 3. The first-order valence-electron chi connectivity index (χ1n) is 10.7. The summed E-state index contributed by atoms with van der Waals surface area (Å²) in [5.74, 6) is -0.470. The van der Waals surface area contributed by atoms with E-state index in [1.165, 1.54) is 6.07 Å². The highest BCUT2D eigenvalue weighted by atomic mass is 19.4. The number of hydrogen-bond donors (Lipinski definition) is 1. The number of carbonyl (C=O) groups excluding carboxylic acids is 1. The molecule has 5 rings (SSSR count). The van der Waals surface area contributed by atoms with Crippen LogP contribution in [0, 0.1) is 0 Å². The number of rotatable bonds is 3. The molecule has 5 nitrogen and oxygen atoms in total. The number of alkyl halides is 3. The van der Waals surface area contributed by atoms with E-state index in [0.717, 1.165) is 48.9 Å². The van der Waals surface area contributed by atoms with Gasteiger partial charge in [-0.05, 0) is 29.7 Å². The van der Waals surface area contributed by atoms with Crippen molar-refractivity contribution in [1.82, 2.24) is 19.9 Å². The maximum atomic E-state index is 13.9. The Morgan fingerprint density at radius 2 is 1.75 bits per heavy atom. The largest absolute Gasteiger partial charge is 0.433 e. The summed E-state index contributed by atoms with van der Waals surface area (Å²) in [5, 5.41) is 8.57. The fraction of sp³-hybridized carbons (Fsp3) is 0.292. The molecule has 1 N–H and O–H groups in total. The van der Waals surface area contributed by atoms with E-state index in [1.807, 2.05) is 30.3 Å². The van der Waals surface area contributed by atoms with Crippen LogP contribution in [0.25, 0.3) is 27.7 Å². The molecule has 0 saturated heterocycles. The van der Waals surface area contributed by atoms with Gasteiger partial charge >= 0.3 is 6.18 Å². The molecule has 32 heavy (non-hydrogen) atoms. The first-order chi connectivity index (χ1) is 15.4. The highest BCUT2D eigenvalue weighted by Crippen LogP contribution is 2.34. The fourth-order valence-corrected chi connectivity index (χ4v) is 4.38. The predicted octanol–water partition coefficient (Wildman–Crippen LogP) is 5.63. The van der Waals surface area contributed by atoms with Crippen LogP contribution in [0.1, 0.15) is 48.3 Å². The molecule has 0 atom stereocenters. The second-order valence-electron chi connectivity index (χ2n) is 8.16. The van der Waals surface area contributed by atoms with Gasteiger partial charge in [-0.2, -0.15) is 18.3 Å². The number of hydrogen-bond acceptors (Lipinski definition) is 3. The Morgan fingerprint density at radius 1 is 1.00 bits per heavy atom. The minimum atomic E-state index is -4.66. The van der Waals surface area contributed by atoms with E-state index in [9.17, 15) is 18.0 Å². The maximum Gasteiger partial charge on any atom is 0.433 e. The molecular formula is C24H21F3N4O. The summed E-state index contributed by atoms with van der Waals surface area (Å²) in [6.45, 7) is 0. The number of carbonyl (C=O) groups is 1. The van der Waals surface area contributed by atoms with Crippen molar-refractivity contribution < 1.29 is 18.0 Å². The van der Waals surface area contributed by atoms with Crippen LogP contribution >= 0.6 is 0 Å². The Kier molecular flexibility index (Phi) is 5.07. The van der Waals surface area contributed by atoms with Gasteiger partial charge in [-0.25, -0.2) is 9.50 Å². The topological polar surface area (TPSA) is 59.3 Å². The minimum Gasteiger partial charge on any atom is -0.348 e. The quantitative estimate of drug-likeness (QED) is 0.451. The van der Waals surface area contributed by atoms with Gasteiger partial charge in [0.25, 0.3) is 5.91 Å². The fourth-order valence-electron chi connectivity index (χ4n) is 4.38. The Balaban J connectivity index is 1.61. The van der Waals surface area contributed by atoms with Gasteiger partial charge in [-0.3, -0.25) is 4.79 Å². The molecule has 4 aromatic rings. The van der Waals surface area contributed by atoms with Gasteiger partial charge in [-0.1, -0.05) is 61.7 Å². The molecule has 2 aromatic carbocycles. The third-order valence-corrected chi connectivity index (χ3v) is 5.96. The summed E-state index contributed by atoms with van der Waals surface area (Å²) in [5.41, 5.74) is -0.284. The smallest absolute Gasteiger partial charge is 0.348 e. The molecule has 1 amide bonds. The monoisotopic (exact) mass is 438 g/mol. The van der Waals surface area contributed by atoms with Crippen molar-refractivity contribution in [2.45, 2.75) is 44.3 Å². The first-order valence-corrected chi connectivity index (χ1v) is 10.7. The standard InChI is InChI=1S/C24H21F3N4O/c25-24(26,27)21-13-19(18-12-6-8-15-7-4-5-11-17(15)18)29-22-14-20(30-31(21)22)23(32)28-16-9-2-1-3-10-16/h4-8,11-14,16H,1-3,9-10H2,(H,28,32). The predicted molar refractivity (Wildman–Crippen MR) is 115 cm³/mol. The lowest BCUT2D eigenvalue weighted by molar-refractivity contribution is -0.142. The Hall–Kier alpha value is -3.42. The van der Waals surface area contributed by atoms with E-state index < -0.39 is 17.8 Å². The molecule has 164 valence electrons. The molecule has 0 aliphatic heterocycles. The van der Waals surface area contributed by atoms with Crippen LogP contribution in [-0.4, -0.2) is 26.5 Å². The molecule has 1 aliphatic rings. The second kappa shape index (κ2) is 7.93. The summed E-state index contributed by atoms with van der Waals surface area (Å²) in [7, 11) is 0. The Bertz CT molecular complexity index is 1300. The third-order valence-electron chi connectivity index (χ3n) is 5.96. The summed E-state index contributed by atoms with van der Waals surface area (Å²) in [6.07, 6.45) is 0.279. The van der Waals surface area contributed by atoms with Crippen molar-refractivity contribution in [3.8, 4) is 11.3 Å². The van der Waals surface area contributed by atoms with Crippen molar-refractivity contribution in [1.29, 1.82) is 0 Å². The number of fused-ring (bicyclic) bond motifs is 2. The maximum absolute atomic E-state index is 13.9. The van der Waals surface area contributed by atoms with E-state index >= 15 is 0 Å². The average molecular weight is 438 g/mol. The van der Waals surface area contributed by atoms with Gasteiger partial charge in [0, 0.05) is 17.7 Å². The van der Waals surface area contributed by atoms with Crippen LogP contribution in [0.2, 0.25) is 0 Å². The van der Waals surface area contributed by atoms with Crippen LogP contribution < -0.4 is 5.32 Å². The lowest BCUT2D eigenvalue weighted by atomic mass is 9.95. The van der Waals surface area contributed by atoms with E-state index in [1.54, 1.807) is 12.1 Å². The molecule has 0 bridgehead atoms. The van der Waals surface area contributed by atoms with E-state index in [2.05, 4.69) is 15.4 Å². The zero-order valence-electron chi connectivity index (χ0n) is 17.2. The molecule has 1 saturated carbocycles. The van der Waals surface area contributed by atoms with Crippen molar-refractivity contribution in [2.24, 2.45) is 0 Å². The van der Waals surface area contributed by atoms with Crippen LogP contribution in [-0.2, 0) is 6.18 Å². The number of benzene rings is 2. The van der Waals surface area contributed by atoms with E-state index in [4.69, 9.17) is 0 Å².